The van der Waals surface area contributed by atoms with Gasteiger partial charge >= 0.3 is 13.3 Å². The fraction of sp³-hybridized carbons (Fsp3) is 0.250. The topological polar surface area (TPSA) is 40.5 Å². The van der Waals surface area contributed by atoms with Gasteiger partial charge in [-0.3, -0.25) is 0 Å². The van der Waals surface area contributed by atoms with Crippen LogP contribution >= 0.6 is 23.4 Å². The Morgan fingerprint density at radius 3 is 2.35 bits per heavy atom. The molecule has 0 aliphatic heterocycles. The summed E-state index contributed by atoms with van der Waals surface area (Å²) in [5, 5.41) is 17.4. The lowest BCUT2D eigenvalue weighted by atomic mass is 9.80. The number of hydrogen-bond donors (Lipinski definition) is 2. The maximum absolute atomic E-state index is 13.1. The van der Waals surface area contributed by atoms with Crippen molar-refractivity contribution < 1.29 is 27.6 Å². The van der Waals surface area contributed by atoms with E-state index >= 15 is 0 Å². The van der Waals surface area contributed by atoms with Crippen molar-refractivity contribution in [2.75, 3.05) is 5.75 Å². The molecule has 0 saturated heterocycles. The maximum atomic E-state index is 13.1. The zero-order valence-corrected chi connectivity index (χ0v) is 9.70. The average Bonchev–Trinajstić information content (AvgIpc) is 2.14. The Labute approximate surface area is 104 Å². The summed E-state index contributed by atoms with van der Waals surface area (Å²) >= 11 is 5.89. The van der Waals surface area contributed by atoms with Gasteiger partial charge in [0.25, 0.3) is 0 Å². The van der Waals surface area contributed by atoms with Crippen LogP contribution in [0.3, 0.4) is 0 Å². The summed E-state index contributed by atoms with van der Waals surface area (Å²) in [6, 6.07) is 1.63. The molecular formula is C8H6BClF4O2S. The van der Waals surface area contributed by atoms with E-state index in [2.05, 4.69) is 0 Å². The molecule has 0 aliphatic rings. The summed E-state index contributed by atoms with van der Waals surface area (Å²) in [4.78, 5) is -0.0616. The minimum absolute atomic E-state index is 0.0616. The lowest BCUT2D eigenvalue weighted by Gasteiger charge is -2.10. The molecule has 2 N–H and O–H groups in total. The van der Waals surface area contributed by atoms with Crippen LogP contribution in [0.25, 0.3) is 0 Å². The van der Waals surface area contributed by atoms with Gasteiger partial charge in [-0.1, -0.05) is 11.6 Å². The minimum Gasteiger partial charge on any atom is -0.423 e. The van der Waals surface area contributed by atoms with Crippen molar-refractivity contribution in [3.63, 3.8) is 0 Å². The Hall–Kier alpha value is -0.435. The summed E-state index contributed by atoms with van der Waals surface area (Å²) in [6.45, 7) is 0. The molecule has 0 unspecified atom stereocenters. The zero-order valence-electron chi connectivity index (χ0n) is 8.13. The highest BCUT2D eigenvalue weighted by Gasteiger charge is 2.28. The highest BCUT2D eigenvalue weighted by Crippen LogP contribution is 2.31. The van der Waals surface area contributed by atoms with E-state index in [1.54, 1.807) is 0 Å². The Morgan fingerprint density at radius 2 is 1.88 bits per heavy atom. The first kappa shape index (κ1) is 14.6. The number of benzene rings is 1. The highest BCUT2D eigenvalue weighted by molar-refractivity contribution is 7.99. The van der Waals surface area contributed by atoms with E-state index in [4.69, 9.17) is 21.6 Å². The predicted octanol–water partition coefficient (Wildman–Crippen LogP) is 1.81. The van der Waals surface area contributed by atoms with E-state index in [-0.39, 0.29) is 9.92 Å². The lowest BCUT2D eigenvalue weighted by molar-refractivity contribution is -0.105. The van der Waals surface area contributed by atoms with Crippen molar-refractivity contribution in [2.24, 2.45) is 0 Å². The molecule has 0 saturated carbocycles. The molecule has 0 atom stereocenters. The molecule has 94 valence electrons. The molecule has 1 aromatic carbocycles. The number of rotatable bonds is 3. The minimum atomic E-state index is -4.39. The molecule has 0 spiro atoms. The third-order valence-electron chi connectivity index (χ3n) is 1.72. The standard InChI is InChI=1S/C8H6BClF4O2S/c10-5-2-6(11)4(9(15)16)1-7(5)17-3-8(12,13)14/h1-2,15-16H,3H2. The quantitative estimate of drug-likeness (QED) is 0.506. The Balaban J connectivity index is 2.96. The molecule has 0 fully saturated rings. The first-order valence-electron chi connectivity index (χ1n) is 4.25. The molecular weight excluding hydrogens is 282 g/mol. The molecule has 17 heavy (non-hydrogen) atoms. The number of alkyl halides is 3. The number of thioether (sulfide) groups is 1. The summed E-state index contributed by atoms with van der Waals surface area (Å²) in [6.07, 6.45) is -4.39. The fourth-order valence-electron chi connectivity index (χ4n) is 1.01. The van der Waals surface area contributed by atoms with Crippen LogP contribution in [0, 0.1) is 5.82 Å². The van der Waals surface area contributed by atoms with E-state index < -0.39 is 30.3 Å². The van der Waals surface area contributed by atoms with Crippen LogP contribution in [0.4, 0.5) is 17.6 Å². The van der Waals surface area contributed by atoms with Crippen LogP contribution in [0.2, 0.25) is 5.02 Å². The summed E-state index contributed by atoms with van der Waals surface area (Å²) in [5.41, 5.74) is -0.515. The summed E-state index contributed by atoms with van der Waals surface area (Å²) in [7, 11) is -2.10. The molecule has 0 aromatic heterocycles. The number of halogens is 5. The van der Waals surface area contributed by atoms with Gasteiger partial charge in [-0.05, 0) is 12.1 Å². The molecule has 1 aromatic rings. The van der Waals surface area contributed by atoms with Crippen LogP contribution in [-0.2, 0) is 0 Å². The molecule has 0 aliphatic carbocycles. The largest absolute Gasteiger partial charge is 0.491 e. The Morgan fingerprint density at radius 1 is 1.29 bits per heavy atom. The second kappa shape index (κ2) is 5.47. The normalized spacial score (nSPS) is 11.7. The van der Waals surface area contributed by atoms with Gasteiger partial charge in [0, 0.05) is 10.4 Å². The van der Waals surface area contributed by atoms with Gasteiger partial charge in [-0.15, -0.1) is 11.8 Å². The monoisotopic (exact) mass is 288 g/mol. The van der Waals surface area contributed by atoms with Gasteiger partial charge in [-0.25, -0.2) is 4.39 Å². The van der Waals surface area contributed by atoms with Crippen molar-refractivity contribution in [2.45, 2.75) is 11.1 Å². The third-order valence-corrected chi connectivity index (χ3v) is 3.27. The second-order valence-corrected chi connectivity index (χ2v) is 4.51. The first-order chi connectivity index (χ1) is 7.70. The summed E-state index contributed by atoms with van der Waals surface area (Å²) in [5.74, 6) is -2.18. The average molecular weight is 288 g/mol. The van der Waals surface area contributed by atoms with Crippen molar-refractivity contribution in [3.05, 3.63) is 23.0 Å². The third kappa shape index (κ3) is 4.38. The Bertz CT molecular complexity index is 413. The molecule has 1 rings (SSSR count). The van der Waals surface area contributed by atoms with E-state index in [0.717, 1.165) is 12.1 Å². The zero-order chi connectivity index (χ0) is 13.2. The van der Waals surface area contributed by atoms with Gasteiger partial charge in [0.1, 0.15) is 5.82 Å². The number of hydrogen-bond acceptors (Lipinski definition) is 3. The van der Waals surface area contributed by atoms with E-state index in [0.29, 0.717) is 11.8 Å². The summed E-state index contributed by atoms with van der Waals surface area (Å²) < 4.78 is 49.0. The van der Waals surface area contributed by atoms with E-state index in [1.807, 2.05) is 0 Å². The highest BCUT2D eigenvalue weighted by atomic mass is 35.5. The molecule has 0 heterocycles. The van der Waals surface area contributed by atoms with Crippen molar-refractivity contribution in [1.82, 2.24) is 0 Å². The van der Waals surface area contributed by atoms with Gasteiger partial charge < -0.3 is 10.0 Å². The van der Waals surface area contributed by atoms with Crippen LogP contribution in [0.1, 0.15) is 0 Å². The lowest BCUT2D eigenvalue weighted by Crippen LogP contribution is -2.32. The van der Waals surface area contributed by atoms with Crippen LogP contribution in [-0.4, -0.2) is 29.1 Å². The Kier molecular flexibility index (Phi) is 4.71. The van der Waals surface area contributed by atoms with Gasteiger partial charge in [-0.2, -0.15) is 13.2 Å². The smallest absolute Gasteiger partial charge is 0.423 e. The molecule has 0 bridgehead atoms. The maximum Gasteiger partial charge on any atom is 0.491 e. The van der Waals surface area contributed by atoms with Crippen LogP contribution < -0.4 is 5.46 Å². The molecule has 2 nitrogen and oxygen atoms in total. The van der Waals surface area contributed by atoms with Crippen LogP contribution in [0.5, 0.6) is 0 Å². The second-order valence-electron chi connectivity index (χ2n) is 3.08. The van der Waals surface area contributed by atoms with Gasteiger partial charge in [0.05, 0.1) is 10.8 Å². The van der Waals surface area contributed by atoms with Crippen molar-refractivity contribution in [1.29, 1.82) is 0 Å². The molecule has 0 radical (unpaired) electrons. The SMILES string of the molecule is OB(O)c1cc(SCC(F)(F)F)c(Cl)cc1F. The fourth-order valence-corrected chi connectivity index (χ4v) is 2.05. The molecule has 0 amide bonds. The van der Waals surface area contributed by atoms with Gasteiger partial charge in [0.15, 0.2) is 0 Å². The van der Waals surface area contributed by atoms with Crippen molar-refractivity contribution >= 4 is 35.9 Å². The van der Waals surface area contributed by atoms with E-state index in [1.165, 1.54) is 0 Å². The van der Waals surface area contributed by atoms with E-state index in [9.17, 15) is 17.6 Å². The van der Waals surface area contributed by atoms with Gasteiger partial charge in [0.2, 0.25) is 0 Å². The van der Waals surface area contributed by atoms with Crippen LogP contribution in [0.15, 0.2) is 17.0 Å². The molecule has 9 heteroatoms. The predicted molar refractivity (Wildman–Crippen MR) is 58.0 cm³/mol. The first-order valence-corrected chi connectivity index (χ1v) is 5.61. The van der Waals surface area contributed by atoms with Crippen molar-refractivity contribution in [3.8, 4) is 0 Å².